The molecule has 118 valence electrons. The van der Waals surface area contributed by atoms with Crippen LogP contribution in [-0.2, 0) is 6.18 Å². The van der Waals surface area contributed by atoms with Crippen molar-refractivity contribution >= 4 is 11.6 Å². The van der Waals surface area contributed by atoms with Gasteiger partial charge in [-0.3, -0.25) is 4.79 Å². The third kappa shape index (κ3) is 5.26. The Morgan fingerprint density at radius 1 is 1.38 bits per heavy atom. The van der Waals surface area contributed by atoms with E-state index in [1.54, 1.807) is 0 Å². The molecule has 3 N–H and O–H groups in total. The summed E-state index contributed by atoms with van der Waals surface area (Å²) in [4.78, 5) is 13.9. The Balaban J connectivity index is 2.79. The number of benzene rings is 1. The van der Waals surface area contributed by atoms with E-state index in [4.69, 9.17) is 5.73 Å². The Bertz CT molecular complexity index is 501. The predicted molar refractivity (Wildman–Crippen MR) is 76.0 cm³/mol. The van der Waals surface area contributed by atoms with Gasteiger partial charge >= 0.3 is 6.18 Å². The molecule has 1 aromatic carbocycles. The van der Waals surface area contributed by atoms with E-state index in [-0.39, 0.29) is 17.3 Å². The molecule has 1 atom stereocenters. The molecule has 0 saturated carbocycles. The van der Waals surface area contributed by atoms with Crippen molar-refractivity contribution < 1.29 is 18.0 Å². The highest BCUT2D eigenvalue weighted by Gasteiger charge is 2.33. The van der Waals surface area contributed by atoms with Gasteiger partial charge in [0.2, 0.25) is 0 Å². The van der Waals surface area contributed by atoms with Gasteiger partial charge in [0.15, 0.2) is 0 Å². The summed E-state index contributed by atoms with van der Waals surface area (Å²) in [5.74, 6) is -0.535. The molecule has 0 spiro atoms. The molecule has 0 aromatic heterocycles. The van der Waals surface area contributed by atoms with Gasteiger partial charge in [0.25, 0.3) is 5.91 Å². The molecule has 7 heteroatoms. The van der Waals surface area contributed by atoms with Gasteiger partial charge < -0.3 is 16.0 Å². The zero-order valence-corrected chi connectivity index (χ0v) is 12.3. The van der Waals surface area contributed by atoms with Crippen molar-refractivity contribution in [1.82, 2.24) is 10.2 Å². The standard InChI is InChI=1S/C14H20F3N3O/c1-9(6-7-20(2)3)19-13(21)10-4-5-12(18)11(8-10)14(15,16)17/h4-5,8-9H,6-7,18H2,1-3H3,(H,19,21). The van der Waals surface area contributed by atoms with Gasteiger partial charge in [-0.15, -0.1) is 0 Å². The zero-order valence-electron chi connectivity index (χ0n) is 12.3. The van der Waals surface area contributed by atoms with E-state index in [1.807, 2.05) is 25.9 Å². The Kier molecular flexibility index (Phi) is 5.60. The fraction of sp³-hybridized carbons (Fsp3) is 0.500. The normalized spacial score (nSPS) is 13.3. The topological polar surface area (TPSA) is 58.4 Å². The lowest BCUT2D eigenvalue weighted by molar-refractivity contribution is -0.136. The van der Waals surface area contributed by atoms with Crippen LogP contribution in [0.25, 0.3) is 0 Å². The third-order valence-corrected chi connectivity index (χ3v) is 3.01. The Labute approximate surface area is 122 Å². The van der Waals surface area contributed by atoms with Crippen LogP contribution in [0.4, 0.5) is 18.9 Å². The Morgan fingerprint density at radius 3 is 2.52 bits per heavy atom. The molecule has 0 aliphatic carbocycles. The highest BCUT2D eigenvalue weighted by Crippen LogP contribution is 2.33. The van der Waals surface area contributed by atoms with E-state index in [1.165, 1.54) is 6.07 Å². The fourth-order valence-corrected chi connectivity index (χ4v) is 1.77. The van der Waals surface area contributed by atoms with E-state index < -0.39 is 17.6 Å². The molecule has 0 radical (unpaired) electrons. The summed E-state index contributed by atoms with van der Waals surface area (Å²) in [5, 5.41) is 2.68. The first-order chi connectivity index (χ1) is 9.61. The largest absolute Gasteiger partial charge is 0.418 e. The number of nitrogen functional groups attached to an aromatic ring is 1. The van der Waals surface area contributed by atoms with Gasteiger partial charge in [0.1, 0.15) is 0 Å². The van der Waals surface area contributed by atoms with Crippen LogP contribution in [-0.4, -0.2) is 37.5 Å². The SMILES string of the molecule is CC(CCN(C)C)NC(=O)c1ccc(N)c(C(F)(F)F)c1. The molecule has 0 aliphatic rings. The lowest BCUT2D eigenvalue weighted by Gasteiger charge is -2.17. The van der Waals surface area contributed by atoms with Crippen molar-refractivity contribution in [2.75, 3.05) is 26.4 Å². The van der Waals surface area contributed by atoms with E-state index in [2.05, 4.69) is 5.32 Å². The number of carbonyl (C=O) groups excluding carboxylic acids is 1. The lowest BCUT2D eigenvalue weighted by Crippen LogP contribution is -2.35. The molecule has 0 bridgehead atoms. The molecule has 0 saturated heterocycles. The van der Waals surface area contributed by atoms with Gasteiger partial charge in [-0.05, 0) is 52.2 Å². The quantitative estimate of drug-likeness (QED) is 0.821. The van der Waals surface area contributed by atoms with E-state index in [9.17, 15) is 18.0 Å². The maximum atomic E-state index is 12.7. The molecule has 21 heavy (non-hydrogen) atoms. The minimum atomic E-state index is -4.57. The summed E-state index contributed by atoms with van der Waals surface area (Å²) in [6, 6.07) is 3.04. The highest BCUT2D eigenvalue weighted by atomic mass is 19.4. The van der Waals surface area contributed by atoms with E-state index in [0.717, 1.165) is 18.7 Å². The minimum Gasteiger partial charge on any atom is -0.398 e. The average Bonchev–Trinajstić information content (AvgIpc) is 2.35. The Morgan fingerprint density at radius 2 is 2.00 bits per heavy atom. The molecule has 0 aliphatic heterocycles. The highest BCUT2D eigenvalue weighted by molar-refractivity contribution is 5.95. The van der Waals surface area contributed by atoms with Crippen molar-refractivity contribution in [2.24, 2.45) is 0 Å². The van der Waals surface area contributed by atoms with Crippen molar-refractivity contribution in [3.8, 4) is 0 Å². The number of rotatable bonds is 5. The monoisotopic (exact) mass is 303 g/mol. The van der Waals surface area contributed by atoms with Crippen LogP contribution in [0.5, 0.6) is 0 Å². The van der Waals surface area contributed by atoms with Gasteiger partial charge in [-0.1, -0.05) is 0 Å². The lowest BCUT2D eigenvalue weighted by atomic mass is 10.1. The molecule has 0 fully saturated rings. The average molecular weight is 303 g/mol. The van der Waals surface area contributed by atoms with Crippen molar-refractivity contribution in [3.63, 3.8) is 0 Å². The first-order valence-corrected chi connectivity index (χ1v) is 6.53. The zero-order chi connectivity index (χ0) is 16.2. The van der Waals surface area contributed by atoms with E-state index in [0.29, 0.717) is 6.42 Å². The predicted octanol–water partition coefficient (Wildman–Crippen LogP) is 2.36. The molecule has 1 amide bonds. The number of nitrogens with two attached hydrogens (primary N) is 1. The second kappa shape index (κ2) is 6.80. The molecule has 0 heterocycles. The van der Waals surface area contributed by atoms with Crippen molar-refractivity contribution in [1.29, 1.82) is 0 Å². The number of amides is 1. The number of hydrogen-bond acceptors (Lipinski definition) is 3. The number of halogens is 3. The second-order valence-electron chi connectivity index (χ2n) is 5.27. The number of nitrogens with one attached hydrogen (secondary N) is 1. The number of alkyl halides is 3. The number of carbonyl (C=O) groups is 1. The number of hydrogen-bond donors (Lipinski definition) is 2. The van der Waals surface area contributed by atoms with Crippen LogP contribution in [0.15, 0.2) is 18.2 Å². The summed E-state index contributed by atoms with van der Waals surface area (Å²) in [7, 11) is 3.81. The second-order valence-corrected chi connectivity index (χ2v) is 5.27. The minimum absolute atomic E-state index is 0.0479. The number of nitrogens with zero attached hydrogens (tertiary/aromatic N) is 1. The fourth-order valence-electron chi connectivity index (χ4n) is 1.77. The van der Waals surface area contributed by atoms with Gasteiger partial charge in [-0.2, -0.15) is 13.2 Å². The maximum absolute atomic E-state index is 12.7. The van der Waals surface area contributed by atoms with Gasteiger partial charge in [-0.25, -0.2) is 0 Å². The summed E-state index contributed by atoms with van der Waals surface area (Å²) >= 11 is 0. The van der Waals surface area contributed by atoms with Crippen LogP contribution in [0.1, 0.15) is 29.3 Å². The molecular formula is C14H20F3N3O. The molecule has 1 unspecified atom stereocenters. The number of anilines is 1. The molecule has 4 nitrogen and oxygen atoms in total. The van der Waals surface area contributed by atoms with Crippen LogP contribution >= 0.6 is 0 Å². The van der Waals surface area contributed by atoms with Crippen LogP contribution < -0.4 is 11.1 Å². The van der Waals surface area contributed by atoms with Crippen LogP contribution in [0, 0.1) is 0 Å². The third-order valence-electron chi connectivity index (χ3n) is 3.01. The smallest absolute Gasteiger partial charge is 0.398 e. The molecular weight excluding hydrogens is 283 g/mol. The first-order valence-electron chi connectivity index (χ1n) is 6.53. The van der Waals surface area contributed by atoms with Crippen LogP contribution in [0.2, 0.25) is 0 Å². The summed E-state index contributed by atoms with van der Waals surface area (Å²) < 4.78 is 38.2. The van der Waals surface area contributed by atoms with Crippen molar-refractivity contribution in [2.45, 2.75) is 25.6 Å². The van der Waals surface area contributed by atoms with Crippen LogP contribution in [0.3, 0.4) is 0 Å². The van der Waals surface area contributed by atoms with Gasteiger partial charge in [0, 0.05) is 17.3 Å². The van der Waals surface area contributed by atoms with Gasteiger partial charge in [0.05, 0.1) is 5.56 Å². The summed E-state index contributed by atoms with van der Waals surface area (Å²) in [6.45, 7) is 2.58. The summed E-state index contributed by atoms with van der Waals surface area (Å²) in [6.07, 6.45) is -3.86. The van der Waals surface area contributed by atoms with E-state index >= 15 is 0 Å². The maximum Gasteiger partial charge on any atom is 0.418 e. The first kappa shape index (κ1) is 17.3. The summed E-state index contributed by atoms with van der Waals surface area (Å²) in [5.41, 5.74) is 3.87. The Hall–Kier alpha value is -1.76. The van der Waals surface area contributed by atoms with Crippen molar-refractivity contribution in [3.05, 3.63) is 29.3 Å². The molecule has 1 aromatic rings. The molecule has 1 rings (SSSR count).